The van der Waals surface area contributed by atoms with Crippen molar-refractivity contribution in [3.05, 3.63) is 27.7 Å². The van der Waals surface area contributed by atoms with Crippen LogP contribution in [0.25, 0.3) is 0 Å². The van der Waals surface area contributed by atoms with Gasteiger partial charge in [-0.05, 0) is 28.9 Å². The number of carbonyl (C=O) groups is 1. The van der Waals surface area contributed by atoms with Crippen LogP contribution in [0, 0.1) is 6.92 Å². The summed E-state index contributed by atoms with van der Waals surface area (Å²) in [7, 11) is 2.92. The Morgan fingerprint density at radius 1 is 1.40 bits per heavy atom. The molecule has 0 spiro atoms. The minimum Gasteiger partial charge on any atom is -0.465 e. The SMILES string of the molecule is CO[NH2+]c1cc(C(=O)OC)c(Br)cc1C. The molecule has 0 aromatic heterocycles. The van der Waals surface area contributed by atoms with Crippen LogP contribution in [0.2, 0.25) is 0 Å². The highest BCUT2D eigenvalue weighted by Crippen LogP contribution is 2.23. The predicted molar refractivity (Wildman–Crippen MR) is 58.8 cm³/mol. The molecule has 0 radical (unpaired) electrons. The topological polar surface area (TPSA) is 52.1 Å². The van der Waals surface area contributed by atoms with Gasteiger partial charge in [-0.15, -0.1) is 0 Å². The third-order valence-electron chi connectivity index (χ3n) is 2.01. The Kier molecular flexibility index (Phi) is 4.26. The van der Waals surface area contributed by atoms with E-state index in [4.69, 9.17) is 4.84 Å². The summed E-state index contributed by atoms with van der Waals surface area (Å²) in [5.41, 5.74) is 3.97. The molecule has 2 N–H and O–H groups in total. The van der Waals surface area contributed by atoms with E-state index in [2.05, 4.69) is 20.7 Å². The number of hydrogen-bond acceptors (Lipinski definition) is 3. The Bertz CT molecular complexity index is 379. The Labute approximate surface area is 96.7 Å². The second-order valence-electron chi connectivity index (χ2n) is 3.03. The smallest absolute Gasteiger partial charge is 0.339 e. The summed E-state index contributed by atoms with van der Waals surface area (Å²) in [6.45, 7) is 1.94. The maximum absolute atomic E-state index is 11.4. The Hall–Kier alpha value is -0.910. The van der Waals surface area contributed by atoms with Crippen LogP contribution in [0.1, 0.15) is 15.9 Å². The van der Waals surface area contributed by atoms with Crippen molar-refractivity contribution < 1.29 is 19.8 Å². The van der Waals surface area contributed by atoms with Crippen molar-refractivity contribution >= 4 is 27.6 Å². The Morgan fingerprint density at radius 3 is 2.60 bits per heavy atom. The van der Waals surface area contributed by atoms with Gasteiger partial charge in [0, 0.05) is 16.1 Å². The lowest BCUT2D eigenvalue weighted by Crippen LogP contribution is -2.76. The van der Waals surface area contributed by atoms with E-state index in [9.17, 15) is 4.79 Å². The summed E-state index contributed by atoms with van der Waals surface area (Å²) in [5, 5.41) is 0. The van der Waals surface area contributed by atoms with Gasteiger partial charge in [0.2, 0.25) is 0 Å². The number of rotatable bonds is 3. The number of hydrogen-bond donors (Lipinski definition) is 1. The molecule has 5 heteroatoms. The zero-order valence-electron chi connectivity index (χ0n) is 8.83. The highest BCUT2D eigenvalue weighted by molar-refractivity contribution is 9.10. The molecule has 0 unspecified atom stereocenters. The van der Waals surface area contributed by atoms with Crippen molar-refractivity contribution in [3.8, 4) is 0 Å². The molecule has 0 aliphatic heterocycles. The standard InChI is InChI=1S/C10H12BrNO3/c1-6-4-8(11)7(10(13)14-2)5-9(6)12-15-3/h4-5,12H,1-3H3/p+1. The quantitative estimate of drug-likeness (QED) is 0.514. The number of ether oxygens (including phenoxy) is 1. The lowest BCUT2D eigenvalue weighted by Gasteiger charge is -2.06. The van der Waals surface area contributed by atoms with E-state index in [1.54, 1.807) is 18.7 Å². The van der Waals surface area contributed by atoms with E-state index in [1.165, 1.54) is 7.11 Å². The summed E-state index contributed by atoms with van der Waals surface area (Å²) >= 11 is 3.32. The molecule has 15 heavy (non-hydrogen) atoms. The molecule has 0 aliphatic carbocycles. The van der Waals surface area contributed by atoms with E-state index >= 15 is 0 Å². The molecule has 0 amide bonds. The lowest BCUT2D eigenvalue weighted by molar-refractivity contribution is -0.830. The molecule has 1 aromatic rings. The van der Waals surface area contributed by atoms with Crippen molar-refractivity contribution in [2.75, 3.05) is 14.2 Å². The minimum absolute atomic E-state index is 0.368. The molecule has 1 rings (SSSR count). The number of aryl methyl sites for hydroxylation is 1. The lowest BCUT2D eigenvalue weighted by atomic mass is 10.1. The monoisotopic (exact) mass is 274 g/mol. The summed E-state index contributed by atoms with van der Waals surface area (Å²) < 4.78 is 5.39. The first-order valence-corrected chi connectivity index (χ1v) is 5.14. The zero-order valence-corrected chi connectivity index (χ0v) is 10.4. The molecule has 0 saturated heterocycles. The number of halogens is 1. The fourth-order valence-corrected chi connectivity index (χ4v) is 1.83. The van der Waals surface area contributed by atoms with Gasteiger partial charge in [-0.25, -0.2) is 9.63 Å². The van der Waals surface area contributed by atoms with Gasteiger partial charge >= 0.3 is 5.97 Å². The maximum atomic E-state index is 11.4. The van der Waals surface area contributed by atoms with Crippen LogP contribution in [0.5, 0.6) is 0 Å². The molecule has 0 bridgehead atoms. The highest BCUT2D eigenvalue weighted by Gasteiger charge is 2.15. The minimum atomic E-state index is -0.368. The normalized spacial score (nSPS) is 10.1. The van der Waals surface area contributed by atoms with Gasteiger partial charge in [-0.2, -0.15) is 5.48 Å². The van der Waals surface area contributed by atoms with Gasteiger partial charge in [0.1, 0.15) is 0 Å². The average molecular weight is 275 g/mol. The van der Waals surface area contributed by atoms with Crippen LogP contribution in [-0.4, -0.2) is 20.2 Å². The van der Waals surface area contributed by atoms with Crippen molar-refractivity contribution in [1.82, 2.24) is 0 Å². The number of quaternary nitrogens is 1. The predicted octanol–water partition coefficient (Wildman–Crippen LogP) is 1.30. The van der Waals surface area contributed by atoms with E-state index in [1.807, 2.05) is 13.0 Å². The van der Waals surface area contributed by atoms with Crippen LogP contribution in [-0.2, 0) is 9.57 Å². The molecule has 1 aromatic carbocycles. The Morgan fingerprint density at radius 2 is 2.07 bits per heavy atom. The molecule has 0 fully saturated rings. The molecule has 4 nitrogen and oxygen atoms in total. The molecule has 0 atom stereocenters. The zero-order chi connectivity index (χ0) is 11.4. The molecular weight excluding hydrogens is 262 g/mol. The van der Waals surface area contributed by atoms with Crippen molar-refractivity contribution in [1.29, 1.82) is 0 Å². The number of methoxy groups -OCH3 is 1. The third-order valence-corrected chi connectivity index (χ3v) is 2.66. The molecule has 0 heterocycles. The highest BCUT2D eigenvalue weighted by atomic mass is 79.9. The molecule has 0 saturated carbocycles. The van der Waals surface area contributed by atoms with Crippen LogP contribution in [0.4, 0.5) is 5.69 Å². The van der Waals surface area contributed by atoms with Gasteiger partial charge in [0.05, 0.1) is 19.8 Å². The molecule has 0 aliphatic rings. The van der Waals surface area contributed by atoms with Gasteiger partial charge in [-0.3, -0.25) is 0 Å². The number of carbonyl (C=O) groups excluding carboxylic acids is 1. The average Bonchev–Trinajstić information content (AvgIpc) is 2.21. The van der Waals surface area contributed by atoms with Crippen molar-refractivity contribution in [2.24, 2.45) is 0 Å². The number of esters is 1. The first-order chi connectivity index (χ1) is 7.10. The largest absolute Gasteiger partial charge is 0.465 e. The summed E-state index contributed by atoms with van der Waals surface area (Å²) in [6.07, 6.45) is 0. The van der Waals surface area contributed by atoms with Gasteiger partial charge in [0.25, 0.3) is 0 Å². The van der Waals surface area contributed by atoms with Gasteiger partial charge < -0.3 is 4.74 Å². The Balaban J connectivity index is 3.17. The number of benzene rings is 1. The third kappa shape index (κ3) is 2.77. The van der Waals surface area contributed by atoms with E-state index < -0.39 is 0 Å². The van der Waals surface area contributed by atoms with Crippen LogP contribution < -0.4 is 5.48 Å². The van der Waals surface area contributed by atoms with Gasteiger partial charge in [-0.1, -0.05) is 0 Å². The maximum Gasteiger partial charge on any atom is 0.339 e. The van der Waals surface area contributed by atoms with Gasteiger partial charge in [0.15, 0.2) is 5.69 Å². The van der Waals surface area contributed by atoms with Crippen LogP contribution >= 0.6 is 15.9 Å². The second-order valence-corrected chi connectivity index (χ2v) is 3.89. The van der Waals surface area contributed by atoms with E-state index in [-0.39, 0.29) is 5.97 Å². The summed E-state index contributed by atoms with van der Waals surface area (Å²) in [5.74, 6) is -0.368. The molecule has 82 valence electrons. The fraction of sp³-hybridized carbons (Fsp3) is 0.300. The van der Waals surface area contributed by atoms with Crippen molar-refractivity contribution in [3.63, 3.8) is 0 Å². The number of nitrogens with two attached hydrogens (primary N) is 1. The first-order valence-electron chi connectivity index (χ1n) is 4.34. The van der Waals surface area contributed by atoms with Crippen molar-refractivity contribution in [2.45, 2.75) is 6.92 Å². The van der Waals surface area contributed by atoms with E-state index in [0.717, 1.165) is 15.7 Å². The molecular formula is C10H13BrNO3+. The van der Waals surface area contributed by atoms with Crippen LogP contribution in [0.15, 0.2) is 16.6 Å². The first kappa shape index (κ1) is 12.2. The fourth-order valence-electron chi connectivity index (χ4n) is 1.21. The van der Waals surface area contributed by atoms with E-state index in [0.29, 0.717) is 5.56 Å². The van der Waals surface area contributed by atoms with Crippen LogP contribution in [0.3, 0.4) is 0 Å². The second kappa shape index (κ2) is 5.25. The summed E-state index contributed by atoms with van der Waals surface area (Å²) in [6, 6.07) is 3.59. The summed E-state index contributed by atoms with van der Waals surface area (Å²) in [4.78, 5) is 16.3.